The number of carboxylic acid groups (broad SMARTS) is 2. The summed E-state index contributed by atoms with van der Waals surface area (Å²) in [6.45, 7) is 4.93. The van der Waals surface area contributed by atoms with Crippen LogP contribution in [0.1, 0.15) is 49.8 Å². The lowest BCUT2D eigenvalue weighted by Gasteiger charge is -2.39. The molecule has 37 heavy (non-hydrogen) atoms. The van der Waals surface area contributed by atoms with Crippen LogP contribution in [-0.4, -0.2) is 93.9 Å². The molecule has 3 rings (SSSR count). The molecule has 0 radical (unpaired) electrons. The lowest BCUT2D eigenvalue weighted by Crippen LogP contribution is -2.49. The molecule has 11 heteroatoms. The van der Waals surface area contributed by atoms with E-state index in [2.05, 4.69) is 6.58 Å². The second-order valence-corrected chi connectivity index (χ2v) is 9.63. The van der Waals surface area contributed by atoms with Gasteiger partial charge in [0.15, 0.2) is 0 Å². The van der Waals surface area contributed by atoms with Crippen LogP contribution in [0.4, 0.5) is 0 Å². The topological polar surface area (TPSA) is 172 Å². The molecule has 1 aromatic rings. The van der Waals surface area contributed by atoms with E-state index in [0.29, 0.717) is 35.3 Å². The molecule has 0 bridgehead atoms. The number of hydrogen-bond donors (Lipinski definition) is 5. The zero-order valence-corrected chi connectivity index (χ0v) is 20.8. The van der Waals surface area contributed by atoms with E-state index in [1.165, 1.54) is 0 Å². The van der Waals surface area contributed by atoms with Crippen LogP contribution in [0.25, 0.3) is 0 Å². The van der Waals surface area contributed by atoms with Crippen LogP contribution < -0.4 is 4.74 Å². The van der Waals surface area contributed by atoms with Gasteiger partial charge in [0.05, 0.1) is 43.5 Å². The van der Waals surface area contributed by atoms with Crippen molar-refractivity contribution in [1.82, 2.24) is 0 Å². The van der Waals surface area contributed by atoms with Gasteiger partial charge in [-0.3, -0.25) is 4.79 Å². The molecule has 2 heterocycles. The van der Waals surface area contributed by atoms with Crippen LogP contribution in [0.15, 0.2) is 30.4 Å². The smallest absolute Gasteiger partial charge is 0.329 e. The number of carboxylic acids is 2. The van der Waals surface area contributed by atoms with Gasteiger partial charge in [-0.25, -0.2) is 4.79 Å². The molecule has 11 nitrogen and oxygen atoms in total. The van der Waals surface area contributed by atoms with Gasteiger partial charge in [-0.05, 0) is 43.0 Å². The van der Waals surface area contributed by atoms with Gasteiger partial charge < -0.3 is 44.5 Å². The van der Waals surface area contributed by atoms with Gasteiger partial charge in [0, 0.05) is 18.4 Å². The van der Waals surface area contributed by atoms with Crippen molar-refractivity contribution in [2.75, 3.05) is 19.8 Å². The highest BCUT2D eigenvalue weighted by Crippen LogP contribution is 2.38. The summed E-state index contributed by atoms with van der Waals surface area (Å²) in [5, 5.41) is 48.7. The Hall–Kier alpha value is -2.54. The van der Waals surface area contributed by atoms with Crippen molar-refractivity contribution in [1.29, 1.82) is 0 Å². The van der Waals surface area contributed by atoms with Crippen LogP contribution in [0, 0.1) is 0 Å². The molecule has 7 atom stereocenters. The van der Waals surface area contributed by atoms with Gasteiger partial charge in [0.2, 0.25) is 0 Å². The molecule has 0 amide bonds. The number of aliphatic hydroxyl groups excluding tert-OH is 3. The Balaban J connectivity index is 1.78. The van der Waals surface area contributed by atoms with Gasteiger partial charge in [0.25, 0.3) is 0 Å². The number of hydrogen-bond acceptors (Lipinski definition) is 9. The molecule has 2 saturated heterocycles. The van der Waals surface area contributed by atoms with Gasteiger partial charge in [-0.15, -0.1) is 0 Å². The first-order valence-electron chi connectivity index (χ1n) is 12.3. The van der Waals surface area contributed by atoms with E-state index < -0.39 is 55.7 Å². The lowest BCUT2D eigenvalue weighted by atomic mass is 9.92. The number of rotatable bonds is 12. The molecule has 0 aromatic heterocycles. The molecule has 2 fully saturated rings. The standard InChI is InChI=1S/C26H36O11/c1-14(7-21-18(28)5-3-15(2)36-21)12-34-19-6-4-16(9-24(29)30)8-17(19)20-10-22(35-13-25(31)32)26(33)23(11-27)37-20/h4,6,8,15,18,20-23,26-28,33H,1,3,5,7,9-13H2,2H3,(H,29,30)(H,31,32)/t15-,18?,20?,21?,22?,23?,26?/m0/s1. The normalized spacial score (nSPS) is 30.0. The molecule has 6 unspecified atom stereocenters. The molecule has 0 spiro atoms. The zero-order valence-electron chi connectivity index (χ0n) is 20.8. The molecule has 2 aliphatic rings. The summed E-state index contributed by atoms with van der Waals surface area (Å²) >= 11 is 0. The zero-order chi connectivity index (χ0) is 27.1. The summed E-state index contributed by atoms with van der Waals surface area (Å²) < 4.78 is 23.1. The van der Waals surface area contributed by atoms with E-state index in [-0.39, 0.29) is 31.7 Å². The molecule has 5 N–H and O–H groups in total. The van der Waals surface area contributed by atoms with Crippen LogP contribution >= 0.6 is 0 Å². The molecule has 2 aliphatic heterocycles. The van der Waals surface area contributed by atoms with Crippen LogP contribution in [0.2, 0.25) is 0 Å². The highest BCUT2D eigenvalue weighted by atomic mass is 16.6. The predicted octanol–water partition coefficient (Wildman–Crippen LogP) is 1.22. The summed E-state index contributed by atoms with van der Waals surface area (Å²) in [6.07, 6.45) is -3.28. The number of aliphatic carboxylic acids is 2. The monoisotopic (exact) mass is 524 g/mol. The second kappa shape index (κ2) is 13.3. The maximum absolute atomic E-state index is 11.3. The Morgan fingerprint density at radius 2 is 1.84 bits per heavy atom. The van der Waals surface area contributed by atoms with E-state index in [0.717, 1.165) is 6.42 Å². The van der Waals surface area contributed by atoms with Crippen LogP contribution in [0.5, 0.6) is 5.75 Å². The van der Waals surface area contributed by atoms with E-state index in [1.54, 1.807) is 18.2 Å². The summed E-state index contributed by atoms with van der Waals surface area (Å²) in [5.74, 6) is -1.85. The van der Waals surface area contributed by atoms with Crippen molar-refractivity contribution in [2.24, 2.45) is 0 Å². The van der Waals surface area contributed by atoms with Gasteiger partial charge in [-0.2, -0.15) is 0 Å². The highest BCUT2D eigenvalue weighted by Gasteiger charge is 2.40. The maximum atomic E-state index is 11.3. The third-order valence-corrected chi connectivity index (χ3v) is 6.55. The molecular formula is C26H36O11. The number of carbonyl (C=O) groups is 2. The first-order chi connectivity index (χ1) is 17.6. The Morgan fingerprint density at radius 3 is 2.51 bits per heavy atom. The van der Waals surface area contributed by atoms with Crippen molar-refractivity contribution in [3.63, 3.8) is 0 Å². The number of ether oxygens (including phenoxy) is 4. The highest BCUT2D eigenvalue weighted by molar-refractivity contribution is 5.70. The third kappa shape index (κ3) is 8.22. The summed E-state index contributed by atoms with van der Waals surface area (Å²) in [5.41, 5.74) is 1.65. The fourth-order valence-electron chi connectivity index (χ4n) is 4.65. The average Bonchev–Trinajstić information content (AvgIpc) is 2.84. The third-order valence-electron chi connectivity index (χ3n) is 6.55. The van der Waals surface area contributed by atoms with Crippen LogP contribution in [-0.2, 0) is 30.2 Å². The predicted molar refractivity (Wildman–Crippen MR) is 129 cm³/mol. The van der Waals surface area contributed by atoms with Crippen molar-refractivity contribution >= 4 is 11.9 Å². The molecule has 0 aliphatic carbocycles. The minimum Gasteiger partial charge on any atom is -0.489 e. The molecular weight excluding hydrogens is 488 g/mol. The fraction of sp³-hybridized carbons (Fsp3) is 0.615. The number of aliphatic hydroxyl groups is 3. The quantitative estimate of drug-likeness (QED) is 0.249. The van der Waals surface area contributed by atoms with E-state index in [1.807, 2.05) is 6.92 Å². The Bertz CT molecular complexity index is 948. The Morgan fingerprint density at radius 1 is 1.08 bits per heavy atom. The molecule has 1 aromatic carbocycles. The van der Waals surface area contributed by atoms with E-state index >= 15 is 0 Å². The maximum Gasteiger partial charge on any atom is 0.329 e. The number of benzene rings is 1. The Labute approximate surface area is 215 Å². The minimum atomic E-state index is -1.25. The molecule has 0 saturated carbocycles. The van der Waals surface area contributed by atoms with Crippen molar-refractivity contribution in [2.45, 2.75) is 81.8 Å². The van der Waals surface area contributed by atoms with Crippen molar-refractivity contribution < 1.29 is 54.1 Å². The van der Waals surface area contributed by atoms with Gasteiger partial charge in [-0.1, -0.05) is 12.6 Å². The first-order valence-corrected chi connectivity index (χ1v) is 12.3. The summed E-state index contributed by atoms with van der Waals surface area (Å²) in [6, 6.07) is 4.85. The van der Waals surface area contributed by atoms with E-state index in [4.69, 9.17) is 24.1 Å². The molecule has 206 valence electrons. The van der Waals surface area contributed by atoms with Crippen molar-refractivity contribution in [3.05, 3.63) is 41.5 Å². The SMILES string of the molecule is C=C(COc1ccc(CC(=O)O)cc1C1CC(OCC(=O)O)C(O)C(CO)O1)CC1O[C@@H](C)CCC1O. The van der Waals surface area contributed by atoms with E-state index in [9.17, 15) is 30.0 Å². The average molecular weight is 525 g/mol. The Kier molecular flexibility index (Phi) is 10.4. The second-order valence-electron chi connectivity index (χ2n) is 9.63. The van der Waals surface area contributed by atoms with Gasteiger partial charge >= 0.3 is 11.9 Å². The van der Waals surface area contributed by atoms with Gasteiger partial charge in [0.1, 0.15) is 31.2 Å². The summed E-state index contributed by atoms with van der Waals surface area (Å²) in [7, 11) is 0. The first kappa shape index (κ1) is 29.0. The largest absolute Gasteiger partial charge is 0.489 e. The summed E-state index contributed by atoms with van der Waals surface area (Å²) in [4.78, 5) is 22.3. The van der Waals surface area contributed by atoms with Crippen molar-refractivity contribution in [3.8, 4) is 5.75 Å². The fourth-order valence-corrected chi connectivity index (χ4v) is 4.65. The lowest BCUT2D eigenvalue weighted by molar-refractivity contribution is -0.198. The van der Waals surface area contributed by atoms with Crippen LogP contribution in [0.3, 0.4) is 0 Å². The minimum absolute atomic E-state index is 0.0464.